The Morgan fingerprint density at radius 2 is 2.20 bits per heavy atom. The Labute approximate surface area is 148 Å². The third kappa shape index (κ3) is 3.44. The van der Waals surface area contributed by atoms with Crippen LogP contribution in [0.25, 0.3) is 10.6 Å². The Morgan fingerprint density at radius 1 is 1.28 bits per heavy atom. The topological polar surface area (TPSA) is 54.9 Å². The van der Waals surface area contributed by atoms with Crippen LogP contribution in [0.15, 0.2) is 48.8 Å². The minimum atomic E-state index is -0.354. The molecule has 1 aromatic carbocycles. The summed E-state index contributed by atoms with van der Waals surface area (Å²) >= 11 is 1.63. The lowest BCUT2D eigenvalue weighted by Gasteiger charge is -2.20. The first-order valence-corrected chi connectivity index (χ1v) is 8.96. The maximum atomic E-state index is 13.3. The number of aryl methyl sites for hydroxylation is 1. The fraction of sp³-hybridized carbons (Fsp3) is 0.211. The number of aromatic nitrogens is 2. The molecule has 0 radical (unpaired) electrons. The summed E-state index contributed by atoms with van der Waals surface area (Å²) in [6.45, 7) is 0. The molecule has 1 aliphatic carbocycles. The van der Waals surface area contributed by atoms with E-state index in [1.807, 2.05) is 12.1 Å². The molecule has 0 saturated heterocycles. The Hall–Kier alpha value is -2.60. The summed E-state index contributed by atoms with van der Waals surface area (Å²) in [5, 5.41) is 3.77. The molecule has 4 rings (SSSR count). The molecule has 1 N–H and O–H groups in total. The van der Waals surface area contributed by atoms with E-state index in [-0.39, 0.29) is 17.6 Å². The first-order valence-electron chi connectivity index (χ1n) is 8.14. The monoisotopic (exact) mass is 353 g/mol. The third-order valence-corrected chi connectivity index (χ3v) is 5.48. The molecular formula is C19H16FN3OS. The standard InChI is InChI=1S/C19H16FN3OS/c20-14-4-1-5-15(10-14)22-18(24)12-6-7-16-17(9-12)25-19(23-16)13-3-2-8-21-11-13/h1-5,8,10-12H,6-7,9H2,(H,22,24). The van der Waals surface area contributed by atoms with E-state index in [9.17, 15) is 9.18 Å². The number of carbonyl (C=O) groups excluding carboxylic acids is 1. The molecule has 0 aliphatic heterocycles. The third-order valence-electron chi connectivity index (χ3n) is 4.31. The number of fused-ring (bicyclic) bond motifs is 1. The molecule has 1 atom stereocenters. The molecule has 6 heteroatoms. The van der Waals surface area contributed by atoms with E-state index in [2.05, 4.69) is 10.3 Å². The van der Waals surface area contributed by atoms with Gasteiger partial charge in [-0.05, 0) is 49.6 Å². The summed E-state index contributed by atoms with van der Waals surface area (Å²) in [4.78, 5) is 22.5. The SMILES string of the molecule is O=C(Nc1cccc(F)c1)C1CCc2nc(-c3cccnc3)sc2C1. The van der Waals surface area contributed by atoms with Crippen molar-refractivity contribution in [1.82, 2.24) is 9.97 Å². The summed E-state index contributed by atoms with van der Waals surface area (Å²) in [6, 6.07) is 9.87. The van der Waals surface area contributed by atoms with Crippen LogP contribution in [0.5, 0.6) is 0 Å². The number of thiazole rings is 1. The zero-order valence-electron chi connectivity index (χ0n) is 13.4. The predicted molar refractivity (Wildman–Crippen MR) is 95.9 cm³/mol. The van der Waals surface area contributed by atoms with E-state index in [1.54, 1.807) is 35.9 Å². The van der Waals surface area contributed by atoms with E-state index >= 15 is 0 Å². The molecule has 1 unspecified atom stereocenters. The van der Waals surface area contributed by atoms with E-state index in [4.69, 9.17) is 4.98 Å². The number of rotatable bonds is 3. The molecule has 0 fully saturated rings. The highest BCUT2D eigenvalue weighted by atomic mass is 32.1. The van der Waals surface area contributed by atoms with Crippen molar-refractivity contribution in [3.05, 3.63) is 65.2 Å². The van der Waals surface area contributed by atoms with Crippen LogP contribution in [-0.2, 0) is 17.6 Å². The number of amides is 1. The van der Waals surface area contributed by atoms with Crippen molar-refractivity contribution in [2.45, 2.75) is 19.3 Å². The van der Waals surface area contributed by atoms with Crippen molar-refractivity contribution in [1.29, 1.82) is 0 Å². The average molecular weight is 353 g/mol. The number of pyridine rings is 1. The summed E-state index contributed by atoms with van der Waals surface area (Å²) in [5.41, 5.74) is 2.58. The van der Waals surface area contributed by atoms with Gasteiger partial charge in [-0.15, -0.1) is 11.3 Å². The number of nitrogens with zero attached hydrogens (tertiary/aromatic N) is 2. The first-order chi connectivity index (χ1) is 12.2. The quantitative estimate of drug-likeness (QED) is 0.772. The second-order valence-electron chi connectivity index (χ2n) is 6.07. The van der Waals surface area contributed by atoms with E-state index in [0.29, 0.717) is 12.1 Å². The molecule has 0 spiro atoms. The highest BCUT2D eigenvalue weighted by Crippen LogP contribution is 2.34. The number of benzene rings is 1. The van der Waals surface area contributed by atoms with Crippen LogP contribution in [0.1, 0.15) is 17.0 Å². The number of carbonyl (C=O) groups is 1. The van der Waals surface area contributed by atoms with Gasteiger partial charge >= 0.3 is 0 Å². The highest BCUT2D eigenvalue weighted by Gasteiger charge is 2.27. The van der Waals surface area contributed by atoms with Crippen LogP contribution in [0.3, 0.4) is 0 Å². The second-order valence-corrected chi connectivity index (χ2v) is 7.15. The van der Waals surface area contributed by atoms with E-state index in [1.165, 1.54) is 12.1 Å². The fourth-order valence-corrected chi connectivity index (χ4v) is 4.20. The lowest BCUT2D eigenvalue weighted by molar-refractivity contribution is -0.120. The Morgan fingerprint density at radius 3 is 3.00 bits per heavy atom. The number of nitrogens with one attached hydrogen (secondary N) is 1. The van der Waals surface area contributed by atoms with Crippen molar-refractivity contribution in [2.24, 2.45) is 5.92 Å². The number of hydrogen-bond acceptors (Lipinski definition) is 4. The molecule has 0 bridgehead atoms. The van der Waals surface area contributed by atoms with Crippen LogP contribution in [0.2, 0.25) is 0 Å². The zero-order chi connectivity index (χ0) is 17.2. The predicted octanol–water partition coefficient (Wildman–Crippen LogP) is 4.09. The number of hydrogen-bond donors (Lipinski definition) is 1. The Bertz CT molecular complexity index is 910. The average Bonchev–Trinajstić information content (AvgIpc) is 3.06. The lowest BCUT2D eigenvalue weighted by atomic mass is 9.90. The molecule has 2 heterocycles. The zero-order valence-corrected chi connectivity index (χ0v) is 14.2. The van der Waals surface area contributed by atoms with Crippen LogP contribution in [0.4, 0.5) is 10.1 Å². The molecule has 4 nitrogen and oxygen atoms in total. The van der Waals surface area contributed by atoms with Gasteiger partial charge in [-0.1, -0.05) is 6.07 Å². The molecule has 1 aliphatic rings. The van der Waals surface area contributed by atoms with Crippen LogP contribution < -0.4 is 5.32 Å². The summed E-state index contributed by atoms with van der Waals surface area (Å²) in [5.74, 6) is -0.530. The van der Waals surface area contributed by atoms with Gasteiger partial charge in [-0.3, -0.25) is 9.78 Å². The first kappa shape index (κ1) is 15.9. The van der Waals surface area contributed by atoms with Gasteiger partial charge in [0.2, 0.25) is 5.91 Å². The molecular weight excluding hydrogens is 337 g/mol. The smallest absolute Gasteiger partial charge is 0.227 e. The van der Waals surface area contributed by atoms with Gasteiger partial charge in [0.1, 0.15) is 10.8 Å². The molecule has 2 aromatic heterocycles. The van der Waals surface area contributed by atoms with Gasteiger partial charge in [0, 0.05) is 34.4 Å². The van der Waals surface area contributed by atoms with Crippen molar-refractivity contribution >= 4 is 22.9 Å². The van der Waals surface area contributed by atoms with Crippen molar-refractivity contribution in [3.8, 4) is 10.6 Å². The van der Waals surface area contributed by atoms with Crippen molar-refractivity contribution in [2.75, 3.05) is 5.32 Å². The minimum absolute atomic E-state index is 0.0624. The van der Waals surface area contributed by atoms with Gasteiger partial charge in [0.25, 0.3) is 0 Å². The lowest BCUT2D eigenvalue weighted by Crippen LogP contribution is -2.27. The molecule has 126 valence electrons. The normalized spacial score (nSPS) is 16.3. The molecule has 3 aromatic rings. The van der Waals surface area contributed by atoms with E-state index < -0.39 is 0 Å². The van der Waals surface area contributed by atoms with Crippen LogP contribution in [0, 0.1) is 11.7 Å². The van der Waals surface area contributed by atoms with E-state index in [0.717, 1.165) is 34.0 Å². The van der Waals surface area contributed by atoms with Gasteiger partial charge < -0.3 is 5.32 Å². The maximum Gasteiger partial charge on any atom is 0.227 e. The van der Waals surface area contributed by atoms with Crippen LogP contribution in [-0.4, -0.2) is 15.9 Å². The Kier molecular flexibility index (Phi) is 4.28. The van der Waals surface area contributed by atoms with Gasteiger partial charge in [0.15, 0.2) is 0 Å². The summed E-state index contributed by atoms with van der Waals surface area (Å²) < 4.78 is 13.3. The summed E-state index contributed by atoms with van der Waals surface area (Å²) in [6.07, 6.45) is 5.76. The number of halogens is 1. The fourth-order valence-electron chi connectivity index (χ4n) is 3.02. The van der Waals surface area contributed by atoms with Gasteiger partial charge in [0.05, 0.1) is 5.69 Å². The molecule has 25 heavy (non-hydrogen) atoms. The summed E-state index contributed by atoms with van der Waals surface area (Å²) in [7, 11) is 0. The largest absolute Gasteiger partial charge is 0.326 e. The van der Waals surface area contributed by atoms with Gasteiger partial charge in [-0.2, -0.15) is 0 Å². The Balaban J connectivity index is 1.49. The molecule has 1 amide bonds. The number of anilines is 1. The second kappa shape index (κ2) is 6.72. The van der Waals surface area contributed by atoms with Crippen molar-refractivity contribution < 1.29 is 9.18 Å². The highest BCUT2D eigenvalue weighted by molar-refractivity contribution is 7.15. The maximum absolute atomic E-state index is 13.3. The van der Waals surface area contributed by atoms with Crippen LogP contribution >= 0.6 is 11.3 Å². The van der Waals surface area contributed by atoms with Crippen molar-refractivity contribution in [3.63, 3.8) is 0 Å². The molecule has 0 saturated carbocycles. The minimum Gasteiger partial charge on any atom is -0.326 e. The van der Waals surface area contributed by atoms with Gasteiger partial charge in [-0.25, -0.2) is 9.37 Å².